The molecule has 1 aromatic carbocycles. The number of rotatable bonds is 4. The van der Waals surface area contributed by atoms with Gasteiger partial charge < -0.3 is 5.11 Å². The Kier molecular flexibility index (Phi) is 4.18. The minimum Gasteiger partial charge on any atom is -0.480 e. The van der Waals surface area contributed by atoms with Gasteiger partial charge in [0.1, 0.15) is 0 Å². The van der Waals surface area contributed by atoms with E-state index in [-0.39, 0.29) is 12.2 Å². The van der Waals surface area contributed by atoms with Gasteiger partial charge in [-0.3, -0.25) is 19.8 Å². The minimum absolute atomic E-state index is 0.0323. The number of carboxylic acids is 1. The fourth-order valence-corrected chi connectivity index (χ4v) is 2.77. The van der Waals surface area contributed by atoms with E-state index < -0.39 is 10.9 Å². The van der Waals surface area contributed by atoms with Crippen molar-refractivity contribution in [2.75, 3.05) is 19.0 Å². The number of hydrogen-bond acceptors (Lipinski definition) is 5. The topological polar surface area (TPSA) is 83.7 Å². The molecule has 0 bridgehead atoms. The van der Waals surface area contributed by atoms with E-state index in [1.807, 2.05) is 11.0 Å². The summed E-state index contributed by atoms with van der Waals surface area (Å²) in [7, 11) is 0. The second-order valence-electron chi connectivity index (χ2n) is 4.11. The Bertz CT molecular complexity index is 527. The molecule has 7 heteroatoms. The SMILES string of the molecule is O=C(O)CN1CSC(=Cc2ccc([N+](=O)[O-])cc2)C1. The zero-order chi connectivity index (χ0) is 13.8. The predicted octanol–water partition coefficient (Wildman–Crippen LogP) is 2.03. The normalized spacial score (nSPS) is 17.8. The molecule has 0 aromatic heterocycles. The average molecular weight is 280 g/mol. The second kappa shape index (κ2) is 5.85. The molecule has 19 heavy (non-hydrogen) atoms. The van der Waals surface area contributed by atoms with Crippen LogP contribution in [-0.4, -0.2) is 39.9 Å². The van der Waals surface area contributed by atoms with Crippen LogP contribution in [-0.2, 0) is 4.79 Å². The largest absolute Gasteiger partial charge is 0.480 e. The Morgan fingerprint density at radius 3 is 2.74 bits per heavy atom. The molecule has 0 unspecified atom stereocenters. The number of nitro groups is 1. The Labute approximate surface area is 113 Å². The Balaban J connectivity index is 2.02. The highest BCUT2D eigenvalue weighted by molar-refractivity contribution is 8.03. The van der Waals surface area contributed by atoms with E-state index in [4.69, 9.17) is 5.11 Å². The summed E-state index contributed by atoms with van der Waals surface area (Å²) in [6, 6.07) is 6.29. The number of hydrogen-bond donors (Lipinski definition) is 1. The third kappa shape index (κ3) is 3.80. The van der Waals surface area contributed by atoms with E-state index in [1.165, 1.54) is 12.1 Å². The predicted molar refractivity (Wildman–Crippen MR) is 72.7 cm³/mol. The lowest BCUT2D eigenvalue weighted by Crippen LogP contribution is -2.26. The average Bonchev–Trinajstić information content (AvgIpc) is 2.76. The van der Waals surface area contributed by atoms with Gasteiger partial charge in [0.05, 0.1) is 11.5 Å². The number of carbonyl (C=O) groups is 1. The third-order valence-corrected chi connectivity index (χ3v) is 3.71. The molecule has 6 nitrogen and oxygen atoms in total. The summed E-state index contributed by atoms with van der Waals surface area (Å²) < 4.78 is 0. The van der Waals surface area contributed by atoms with E-state index in [9.17, 15) is 14.9 Å². The molecule has 0 radical (unpaired) electrons. The van der Waals surface area contributed by atoms with E-state index in [2.05, 4.69) is 0 Å². The van der Waals surface area contributed by atoms with Crippen LogP contribution >= 0.6 is 11.8 Å². The molecule has 1 N–H and O–H groups in total. The van der Waals surface area contributed by atoms with Crippen LogP contribution in [0, 0.1) is 10.1 Å². The highest BCUT2D eigenvalue weighted by atomic mass is 32.2. The summed E-state index contributed by atoms with van der Waals surface area (Å²) in [5.41, 5.74) is 0.944. The molecule has 1 heterocycles. The lowest BCUT2D eigenvalue weighted by Gasteiger charge is -2.08. The van der Waals surface area contributed by atoms with Crippen molar-refractivity contribution >= 4 is 29.5 Å². The van der Waals surface area contributed by atoms with Gasteiger partial charge in [0.2, 0.25) is 0 Å². The van der Waals surface area contributed by atoms with Crippen LogP contribution in [0.15, 0.2) is 29.2 Å². The first-order chi connectivity index (χ1) is 9.04. The second-order valence-corrected chi connectivity index (χ2v) is 5.18. The third-order valence-electron chi connectivity index (χ3n) is 2.60. The van der Waals surface area contributed by atoms with Crippen LogP contribution in [0.25, 0.3) is 6.08 Å². The summed E-state index contributed by atoms with van der Waals surface area (Å²) >= 11 is 1.59. The maximum atomic E-state index is 10.6. The van der Waals surface area contributed by atoms with Crippen molar-refractivity contribution in [1.82, 2.24) is 4.90 Å². The van der Waals surface area contributed by atoms with Crippen LogP contribution in [0.3, 0.4) is 0 Å². The molecule has 0 saturated carbocycles. The van der Waals surface area contributed by atoms with Crippen molar-refractivity contribution in [3.63, 3.8) is 0 Å². The molecule has 1 aliphatic rings. The van der Waals surface area contributed by atoms with Crippen LogP contribution in [0.5, 0.6) is 0 Å². The summed E-state index contributed by atoms with van der Waals surface area (Å²) in [5.74, 6) is -0.178. The van der Waals surface area contributed by atoms with E-state index >= 15 is 0 Å². The van der Waals surface area contributed by atoms with E-state index in [0.29, 0.717) is 12.4 Å². The molecule has 1 aromatic rings. The Hall–Kier alpha value is -1.86. The Morgan fingerprint density at radius 1 is 1.47 bits per heavy atom. The van der Waals surface area contributed by atoms with Gasteiger partial charge in [-0.1, -0.05) is 0 Å². The molecular weight excluding hydrogens is 268 g/mol. The molecule has 1 saturated heterocycles. The number of non-ortho nitro benzene ring substituents is 1. The highest BCUT2D eigenvalue weighted by Gasteiger charge is 2.19. The van der Waals surface area contributed by atoms with Crippen molar-refractivity contribution in [2.45, 2.75) is 0 Å². The Morgan fingerprint density at radius 2 is 2.16 bits per heavy atom. The molecule has 0 atom stereocenters. The summed E-state index contributed by atoms with van der Waals surface area (Å²) in [4.78, 5) is 23.6. The van der Waals surface area contributed by atoms with Crippen LogP contribution < -0.4 is 0 Å². The van der Waals surface area contributed by atoms with Gasteiger partial charge in [0, 0.05) is 29.5 Å². The summed E-state index contributed by atoms with van der Waals surface area (Å²) in [6.07, 6.45) is 1.93. The number of aliphatic carboxylic acids is 1. The molecule has 0 amide bonds. The molecule has 1 aliphatic heterocycles. The summed E-state index contributed by atoms with van der Waals surface area (Å²) in [5, 5.41) is 19.2. The summed E-state index contributed by atoms with van der Waals surface area (Å²) in [6.45, 7) is 0.637. The molecular formula is C12H12N2O4S. The van der Waals surface area contributed by atoms with Crippen molar-refractivity contribution in [3.05, 3.63) is 44.8 Å². The van der Waals surface area contributed by atoms with Crippen LogP contribution in [0.2, 0.25) is 0 Å². The van der Waals surface area contributed by atoms with E-state index in [1.54, 1.807) is 23.9 Å². The zero-order valence-electron chi connectivity index (χ0n) is 9.98. The first-order valence-corrected chi connectivity index (χ1v) is 6.55. The van der Waals surface area contributed by atoms with Gasteiger partial charge in [0.25, 0.3) is 5.69 Å². The quantitative estimate of drug-likeness (QED) is 0.671. The lowest BCUT2D eigenvalue weighted by molar-refractivity contribution is -0.384. The zero-order valence-corrected chi connectivity index (χ0v) is 10.8. The standard InChI is InChI=1S/C12H12N2O4S/c15-12(16)7-13-6-11(19-8-13)5-9-1-3-10(4-2-9)14(17)18/h1-5H,6-8H2,(H,15,16). The van der Waals surface area contributed by atoms with Gasteiger partial charge in [-0.2, -0.15) is 0 Å². The van der Waals surface area contributed by atoms with Gasteiger partial charge >= 0.3 is 5.97 Å². The molecule has 100 valence electrons. The molecule has 1 fully saturated rings. The van der Waals surface area contributed by atoms with Gasteiger partial charge in [-0.25, -0.2) is 0 Å². The molecule has 0 aliphatic carbocycles. The monoisotopic (exact) mass is 280 g/mol. The van der Waals surface area contributed by atoms with Crippen molar-refractivity contribution in [2.24, 2.45) is 0 Å². The number of carboxylic acid groups (broad SMARTS) is 1. The number of benzene rings is 1. The maximum Gasteiger partial charge on any atom is 0.317 e. The smallest absolute Gasteiger partial charge is 0.317 e. The lowest BCUT2D eigenvalue weighted by atomic mass is 10.2. The van der Waals surface area contributed by atoms with E-state index in [0.717, 1.165) is 10.5 Å². The van der Waals surface area contributed by atoms with Crippen LogP contribution in [0.1, 0.15) is 5.56 Å². The fourth-order valence-electron chi connectivity index (χ4n) is 1.74. The van der Waals surface area contributed by atoms with Gasteiger partial charge in [0.15, 0.2) is 0 Å². The number of nitrogens with zero attached hydrogens (tertiary/aromatic N) is 2. The van der Waals surface area contributed by atoms with Gasteiger partial charge in [-0.15, -0.1) is 11.8 Å². The maximum absolute atomic E-state index is 10.6. The first-order valence-electron chi connectivity index (χ1n) is 5.56. The molecule has 2 rings (SSSR count). The highest BCUT2D eigenvalue weighted by Crippen LogP contribution is 2.28. The number of thioether (sulfide) groups is 1. The van der Waals surface area contributed by atoms with Crippen molar-refractivity contribution in [1.29, 1.82) is 0 Å². The number of nitro benzene ring substituents is 1. The van der Waals surface area contributed by atoms with Gasteiger partial charge in [-0.05, 0) is 23.8 Å². The first kappa shape index (κ1) is 13.6. The van der Waals surface area contributed by atoms with Crippen LogP contribution in [0.4, 0.5) is 5.69 Å². The minimum atomic E-state index is -0.836. The van der Waals surface area contributed by atoms with Crippen molar-refractivity contribution in [3.8, 4) is 0 Å². The van der Waals surface area contributed by atoms with Crippen molar-refractivity contribution < 1.29 is 14.8 Å². The molecule has 0 spiro atoms. The fraction of sp³-hybridized carbons (Fsp3) is 0.250.